The number of benzene rings is 1. The summed E-state index contributed by atoms with van der Waals surface area (Å²) in [5, 5.41) is 4.32. The highest BCUT2D eigenvalue weighted by molar-refractivity contribution is 9.10. The van der Waals surface area contributed by atoms with Crippen LogP contribution < -0.4 is 0 Å². The summed E-state index contributed by atoms with van der Waals surface area (Å²) in [5.74, 6) is -0.841. The molecule has 2 heterocycles. The van der Waals surface area contributed by atoms with Gasteiger partial charge in [-0.3, -0.25) is 4.57 Å². The summed E-state index contributed by atoms with van der Waals surface area (Å²) >= 11 is 3.40. The largest absolute Gasteiger partial charge is 0.462 e. The molecule has 0 atom stereocenters. The molecule has 2 aromatic heterocycles. The number of ether oxygens (including phenoxy) is 2. The lowest BCUT2D eigenvalue weighted by molar-refractivity contribution is 0.0527. The van der Waals surface area contributed by atoms with Gasteiger partial charge in [0.1, 0.15) is 23.6 Å². The third-order valence-corrected chi connectivity index (χ3v) is 6.53. The number of hydrogen-bond acceptors (Lipinski definition) is 4. The Hall–Kier alpha value is -1.71. The number of aromatic nitrogens is 3. The van der Waals surface area contributed by atoms with Gasteiger partial charge in [0.2, 0.25) is 0 Å². The first-order valence-corrected chi connectivity index (χ1v) is 13.3. The van der Waals surface area contributed by atoms with Crippen LogP contribution in [0.15, 0.2) is 22.8 Å². The summed E-state index contributed by atoms with van der Waals surface area (Å²) in [6.45, 7) is 9.67. The first-order chi connectivity index (χ1) is 12.7. The molecular weight excluding hydrogens is 433 g/mol. The van der Waals surface area contributed by atoms with Crippen LogP contribution in [0.2, 0.25) is 25.7 Å². The number of imidazole rings is 1. The molecule has 9 heteroatoms. The molecule has 0 spiro atoms. The minimum Gasteiger partial charge on any atom is -0.462 e. The van der Waals surface area contributed by atoms with E-state index in [-0.39, 0.29) is 19.2 Å². The van der Waals surface area contributed by atoms with E-state index in [0.717, 1.165) is 6.04 Å². The molecule has 1 aromatic carbocycles. The maximum atomic E-state index is 14.0. The number of nitrogens with zero attached hydrogens (tertiary/aromatic N) is 3. The van der Waals surface area contributed by atoms with Gasteiger partial charge in [0.25, 0.3) is 0 Å². The molecular formula is C18H23BrFN3O3Si. The lowest BCUT2D eigenvalue weighted by Gasteiger charge is -2.16. The van der Waals surface area contributed by atoms with Gasteiger partial charge in [-0.2, -0.15) is 5.10 Å². The zero-order valence-electron chi connectivity index (χ0n) is 15.9. The van der Waals surface area contributed by atoms with Gasteiger partial charge in [-0.15, -0.1) is 0 Å². The van der Waals surface area contributed by atoms with Crippen LogP contribution in [-0.4, -0.2) is 41.4 Å². The molecule has 3 aromatic rings. The number of hydrogen-bond donors (Lipinski definition) is 0. The molecule has 6 nitrogen and oxygen atoms in total. The monoisotopic (exact) mass is 455 g/mol. The van der Waals surface area contributed by atoms with Crippen LogP contribution in [0, 0.1) is 5.82 Å². The summed E-state index contributed by atoms with van der Waals surface area (Å²) in [5.41, 5.74) is 2.14. The third-order valence-electron chi connectivity index (χ3n) is 4.22. The summed E-state index contributed by atoms with van der Waals surface area (Å²) < 4.78 is 29.0. The zero-order valence-corrected chi connectivity index (χ0v) is 18.5. The molecule has 27 heavy (non-hydrogen) atoms. The fourth-order valence-corrected chi connectivity index (χ4v) is 4.21. The van der Waals surface area contributed by atoms with Crippen molar-refractivity contribution < 1.29 is 18.7 Å². The summed E-state index contributed by atoms with van der Waals surface area (Å²) in [4.78, 5) is 12.4. The van der Waals surface area contributed by atoms with Crippen LogP contribution in [0.5, 0.6) is 0 Å². The SMILES string of the molecule is CCOC(=O)c1cnn2c3c(Br)cc(F)cc3n(COCC[Si](C)(C)C)c12. The predicted molar refractivity (Wildman–Crippen MR) is 108 cm³/mol. The van der Waals surface area contributed by atoms with Crippen LogP contribution in [0.4, 0.5) is 4.39 Å². The molecule has 0 unspecified atom stereocenters. The molecule has 0 aliphatic heterocycles. The first kappa shape index (κ1) is 20.0. The number of carbonyl (C=O) groups excluding carboxylic acids is 1. The molecule has 146 valence electrons. The fourth-order valence-electron chi connectivity index (χ4n) is 2.86. The van der Waals surface area contributed by atoms with Crippen LogP contribution in [-0.2, 0) is 16.2 Å². The van der Waals surface area contributed by atoms with Crippen molar-refractivity contribution in [3.05, 3.63) is 34.2 Å². The molecule has 0 saturated carbocycles. The second kappa shape index (κ2) is 7.73. The third kappa shape index (κ3) is 4.09. The van der Waals surface area contributed by atoms with E-state index in [9.17, 15) is 9.18 Å². The Balaban J connectivity index is 2.09. The van der Waals surface area contributed by atoms with Gasteiger partial charge in [-0.05, 0) is 41.0 Å². The molecule has 3 rings (SSSR count). The maximum Gasteiger partial charge on any atom is 0.343 e. The molecule has 0 amide bonds. The number of esters is 1. The maximum absolute atomic E-state index is 14.0. The lowest BCUT2D eigenvalue weighted by Crippen LogP contribution is -2.22. The number of rotatable bonds is 7. The minimum absolute atomic E-state index is 0.200. The Kier molecular flexibility index (Phi) is 5.73. The highest BCUT2D eigenvalue weighted by atomic mass is 79.9. The van der Waals surface area contributed by atoms with Crippen molar-refractivity contribution in [2.75, 3.05) is 13.2 Å². The van der Waals surface area contributed by atoms with E-state index < -0.39 is 14.0 Å². The van der Waals surface area contributed by atoms with Gasteiger partial charge in [-0.25, -0.2) is 13.7 Å². The smallest absolute Gasteiger partial charge is 0.343 e. The Bertz CT molecular complexity index is 993. The Morgan fingerprint density at radius 2 is 2.07 bits per heavy atom. The average molecular weight is 456 g/mol. The van der Waals surface area contributed by atoms with E-state index >= 15 is 0 Å². The normalized spacial score (nSPS) is 12.2. The van der Waals surface area contributed by atoms with Crippen LogP contribution in [0.25, 0.3) is 16.7 Å². The summed E-state index contributed by atoms with van der Waals surface area (Å²) in [7, 11) is -1.22. The van der Waals surface area contributed by atoms with Crippen molar-refractivity contribution in [2.24, 2.45) is 0 Å². The van der Waals surface area contributed by atoms with E-state index in [4.69, 9.17) is 9.47 Å². The van der Waals surface area contributed by atoms with Crippen molar-refractivity contribution in [1.82, 2.24) is 14.2 Å². The van der Waals surface area contributed by atoms with Crippen LogP contribution >= 0.6 is 15.9 Å². The molecule has 0 aliphatic rings. The predicted octanol–water partition coefficient (Wildman–Crippen LogP) is 4.68. The van der Waals surface area contributed by atoms with Crippen molar-refractivity contribution in [2.45, 2.75) is 39.3 Å². The van der Waals surface area contributed by atoms with E-state index in [2.05, 4.69) is 40.7 Å². The highest BCUT2D eigenvalue weighted by Crippen LogP contribution is 2.30. The second-order valence-corrected chi connectivity index (χ2v) is 14.0. The van der Waals surface area contributed by atoms with Gasteiger partial charge in [0.05, 0.1) is 18.3 Å². The highest BCUT2D eigenvalue weighted by Gasteiger charge is 2.23. The summed E-state index contributed by atoms with van der Waals surface area (Å²) in [6.07, 6.45) is 1.47. The lowest BCUT2D eigenvalue weighted by atomic mass is 10.3. The van der Waals surface area contributed by atoms with Gasteiger partial charge < -0.3 is 9.47 Å². The van der Waals surface area contributed by atoms with Crippen molar-refractivity contribution in [3.63, 3.8) is 0 Å². The first-order valence-electron chi connectivity index (χ1n) is 8.83. The average Bonchev–Trinajstić information content (AvgIpc) is 3.09. The van der Waals surface area contributed by atoms with E-state index in [1.165, 1.54) is 18.3 Å². The molecule has 0 radical (unpaired) electrons. The minimum atomic E-state index is -1.22. The quantitative estimate of drug-likeness (QED) is 0.294. The Labute approximate surface area is 166 Å². The summed E-state index contributed by atoms with van der Waals surface area (Å²) in [6, 6.07) is 3.82. The molecule has 0 saturated heterocycles. The second-order valence-electron chi connectivity index (χ2n) is 7.55. The van der Waals surface area contributed by atoms with Crippen molar-refractivity contribution in [3.8, 4) is 0 Å². The fraction of sp³-hybridized carbons (Fsp3) is 0.444. The van der Waals surface area contributed by atoms with Crippen molar-refractivity contribution >= 4 is 46.7 Å². The number of halogens is 2. The van der Waals surface area contributed by atoms with E-state index in [0.29, 0.717) is 33.3 Å². The van der Waals surface area contributed by atoms with E-state index in [1.54, 1.807) is 16.0 Å². The Morgan fingerprint density at radius 1 is 1.33 bits per heavy atom. The van der Waals surface area contributed by atoms with Crippen LogP contribution in [0.1, 0.15) is 17.3 Å². The molecule has 0 aliphatic carbocycles. The van der Waals surface area contributed by atoms with Gasteiger partial charge in [0, 0.05) is 19.2 Å². The Morgan fingerprint density at radius 3 is 2.74 bits per heavy atom. The van der Waals surface area contributed by atoms with E-state index in [1.807, 2.05) is 0 Å². The molecule has 0 N–H and O–H groups in total. The standard InChI is InChI=1S/C18H23BrFN3O3Si/c1-5-26-18(24)13-10-21-23-16-14(19)8-12(20)9-15(16)22(17(13)23)11-25-6-7-27(2,3)4/h8-10H,5-7,11H2,1-4H3. The van der Waals surface area contributed by atoms with Crippen molar-refractivity contribution in [1.29, 1.82) is 0 Å². The molecule has 0 fully saturated rings. The topological polar surface area (TPSA) is 57.8 Å². The zero-order chi connectivity index (χ0) is 19.8. The molecule has 0 bridgehead atoms. The number of carbonyl (C=O) groups is 1. The van der Waals surface area contributed by atoms with Gasteiger partial charge in [0.15, 0.2) is 5.65 Å². The van der Waals surface area contributed by atoms with Gasteiger partial charge in [-0.1, -0.05) is 19.6 Å². The van der Waals surface area contributed by atoms with Crippen LogP contribution in [0.3, 0.4) is 0 Å². The number of fused-ring (bicyclic) bond motifs is 3. The van der Waals surface area contributed by atoms with Gasteiger partial charge >= 0.3 is 5.97 Å².